The first kappa shape index (κ1) is 27.9. The van der Waals surface area contributed by atoms with Crippen molar-refractivity contribution in [3.63, 3.8) is 0 Å². The SMILES string of the molecule is COc1cc2ncnc(Nc3cc(-c4ccc(F)cc4F)c(F)cc3OC)c2cc1NC(=O)/C=C/[C@H]1CCCN1C. The molecule has 1 fully saturated rings. The average Bonchev–Trinajstić information content (AvgIpc) is 3.37. The highest BCUT2D eigenvalue weighted by Gasteiger charge is 2.20. The van der Waals surface area contributed by atoms with Crippen molar-refractivity contribution in [2.24, 2.45) is 0 Å². The minimum Gasteiger partial charge on any atom is -0.494 e. The lowest BCUT2D eigenvalue weighted by Crippen LogP contribution is -2.23. The monoisotopic (exact) mass is 563 g/mol. The molecule has 0 saturated carbocycles. The lowest BCUT2D eigenvalue weighted by molar-refractivity contribution is -0.111. The number of halogens is 3. The van der Waals surface area contributed by atoms with Crippen molar-refractivity contribution in [1.82, 2.24) is 14.9 Å². The molecule has 1 saturated heterocycles. The van der Waals surface area contributed by atoms with Gasteiger partial charge in [0, 0.05) is 46.8 Å². The molecule has 212 valence electrons. The Hall–Kier alpha value is -4.64. The Morgan fingerprint density at radius 1 is 0.976 bits per heavy atom. The van der Waals surface area contributed by atoms with Crippen molar-refractivity contribution >= 4 is 34.0 Å². The molecule has 1 atom stereocenters. The van der Waals surface area contributed by atoms with Gasteiger partial charge in [0.2, 0.25) is 5.91 Å². The van der Waals surface area contributed by atoms with Crippen LogP contribution in [0.25, 0.3) is 22.0 Å². The van der Waals surface area contributed by atoms with Gasteiger partial charge in [-0.25, -0.2) is 23.1 Å². The Kier molecular flexibility index (Phi) is 8.06. The number of carbonyl (C=O) groups is 1. The maximum atomic E-state index is 15.0. The van der Waals surface area contributed by atoms with E-state index in [4.69, 9.17) is 9.47 Å². The van der Waals surface area contributed by atoms with E-state index in [0.717, 1.165) is 31.5 Å². The van der Waals surface area contributed by atoms with Crippen LogP contribution in [0.5, 0.6) is 11.5 Å². The maximum absolute atomic E-state index is 15.0. The van der Waals surface area contributed by atoms with Crippen molar-refractivity contribution in [1.29, 1.82) is 0 Å². The first-order valence-electron chi connectivity index (χ1n) is 12.9. The highest BCUT2D eigenvalue weighted by molar-refractivity contribution is 6.03. The number of methoxy groups -OCH3 is 2. The van der Waals surface area contributed by atoms with Crippen LogP contribution in [-0.2, 0) is 4.79 Å². The second-order valence-electron chi connectivity index (χ2n) is 9.61. The molecule has 2 heterocycles. The molecule has 0 unspecified atom stereocenters. The van der Waals surface area contributed by atoms with E-state index < -0.39 is 17.5 Å². The number of hydrogen-bond acceptors (Lipinski definition) is 7. The summed E-state index contributed by atoms with van der Waals surface area (Å²) in [5.41, 5.74) is 0.962. The minimum atomic E-state index is -0.909. The minimum absolute atomic E-state index is 0.0986. The van der Waals surface area contributed by atoms with Gasteiger partial charge in [-0.3, -0.25) is 9.69 Å². The summed E-state index contributed by atoms with van der Waals surface area (Å²) in [7, 11) is 4.88. The molecule has 1 amide bonds. The number of likely N-dealkylation sites (tertiary alicyclic amines) is 1. The topological polar surface area (TPSA) is 88.6 Å². The number of aromatic nitrogens is 2. The molecule has 8 nitrogen and oxygen atoms in total. The molecule has 41 heavy (non-hydrogen) atoms. The summed E-state index contributed by atoms with van der Waals surface area (Å²) in [5.74, 6) is -1.91. The Bertz CT molecular complexity index is 1650. The number of likely N-dealkylation sites (N-methyl/N-ethyl adjacent to an activating group) is 1. The van der Waals surface area contributed by atoms with Gasteiger partial charge in [0.05, 0.1) is 31.1 Å². The van der Waals surface area contributed by atoms with Crippen molar-refractivity contribution in [3.8, 4) is 22.6 Å². The van der Waals surface area contributed by atoms with Crippen molar-refractivity contribution < 1.29 is 27.4 Å². The first-order valence-corrected chi connectivity index (χ1v) is 12.9. The molecule has 1 aromatic heterocycles. The number of fused-ring (bicyclic) bond motifs is 1. The Balaban J connectivity index is 1.50. The van der Waals surface area contributed by atoms with Gasteiger partial charge in [-0.1, -0.05) is 6.08 Å². The van der Waals surface area contributed by atoms with E-state index in [1.54, 1.807) is 12.1 Å². The Morgan fingerprint density at radius 2 is 1.73 bits per heavy atom. The fourth-order valence-electron chi connectivity index (χ4n) is 4.87. The predicted molar refractivity (Wildman–Crippen MR) is 151 cm³/mol. The maximum Gasteiger partial charge on any atom is 0.248 e. The van der Waals surface area contributed by atoms with E-state index in [-0.39, 0.29) is 34.5 Å². The molecule has 2 N–H and O–H groups in total. The Morgan fingerprint density at radius 3 is 2.44 bits per heavy atom. The molecule has 5 rings (SSSR count). The van der Waals surface area contributed by atoms with E-state index in [2.05, 4.69) is 25.5 Å². The quantitative estimate of drug-likeness (QED) is 0.252. The molecular weight excluding hydrogens is 535 g/mol. The first-order chi connectivity index (χ1) is 19.8. The number of hydrogen-bond donors (Lipinski definition) is 2. The van der Waals surface area contributed by atoms with E-state index in [1.165, 1.54) is 38.8 Å². The molecule has 0 aliphatic carbocycles. The zero-order valence-electron chi connectivity index (χ0n) is 22.7. The highest BCUT2D eigenvalue weighted by atomic mass is 19.1. The van der Waals surface area contributed by atoms with E-state index in [0.29, 0.717) is 34.2 Å². The fourth-order valence-corrected chi connectivity index (χ4v) is 4.87. The van der Waals surface area contributed by atoms with Crippen LogP contribution in [0, 0.1) is 17.5 Å². The average molecular weight is 564 g/mol. The third-order valence-corrected chi connectivity index (χ3v) is 7.02. The fraction of sp³-hybridized carbons (Fsp3) is 0.233. The van der Waals surface area contributed by atoms with Crippen LogP contribution in [0.3, 0.4) is 0 Å². The standard InChI is InChI=1S/C30H28F3N5O3/c1-38-10-4-5-18(38)7-9-29(39)36-25-13-21-24(15-28(25)41-3)34-16-35-30(21)37-26-12-20(23(33)14-27(26)40-2)19-8-6-17(31)11-22(19)32/h6-9,11-16,18H,4-5,10H2,1-3H3,(H,36,39)(H,34,35,37)/b9-7+/t18-/m1/s1. The third kappa shape index (κ3) is 5.94. The van der Waals surface area contributed by atoms with Crippen molar-refractivity contribution in [3.05, 3.63) is 78.4 Å². The van der Waals surface area contributed by atoms with E-state index in [9.17, 15) is 18.0 Å². The summed E-state index contributed by atoms with van der Waals surface area (Å²) in [4.78, 5) is 23.6. The summed E-state index contributed by atoms with van der Waals surface area (Å²) in [6.07, 6.45) is 6.80. The second-order valence-corrected chi connectivity index (χ2v) is 9.61. The van der Waals surface area contributed by atoms with Crippen LogP contribution >= 0.6 is 0 Å². The molecule has 3 aromatic carbocycles. The van der Waals surface area contributed by atoms with Gasteiger partial charge in [-0.05, 0) is 50.7 Å². The normalized spacial score (nSPS) is 15.4. The van der Waals surface area contributed by atoms with Crippen LogP contribution in [0.15, 0.2) is 60.9 Å². The van der Waals surface area contributed by atoms with E-state index in [1.807, 2.05) is 13.1 Å². The van der Waals surface area contributed by atoms with Gasteiger partial charge in [0.25, 0.3) is 0 Å². The third-order valence-electron chi connectivity index (χ3n) is 7.02. The lowest BCUT2D eigenvalue weighted by atomic mass is 10.0. The summed E-state index contributed by atoms with van der Waals surface area (Å²) in [6.45, 7) is 0.990. The number of rotatable bonds is 8. The Labute approximate surface area is 234 Å². The number of ether oxygens (including phenoxy) is 2. The van der Waals surface area contributed by atoms with Gasteiger partial charge in [-0.2, -0.15) is 0 Å². The van der Waals surface area contributed by atoms with Crippen molar-refractivity contribution in [2.75, 3.05) is 38.4 Å². The molecular formula is C30H28F3N5O3. The molecule has 0 radical (unpaired) electrons. The van der Waals surface area contributed by atoms with Crippen LogP contribution < -0.4 is 20.1 Å². The van der Waals surface area contributed by atoms with Gasteiger partial charge in [0.15, 0.2) is 0 Å². The van der Waals surface area contributed by atoms with Gasteiger partial charge >= 0.3 is 0 Å². The van der Waals surface area contributed by atoms with Crippen LogP contribution in [-0.4, -0.2) is 54.6 Å². The zero-order valence-corrected chi connectivity index (χ0v) is 22.7. The number of benzene rings is 3. The summed E-state index contributed by atoms with van der Waals surface area (Å²) in [6, 6.07) is 8.91. The largest absolute Gasteiger partial charge is 0.494 e. The number of anilines is 3. The second kappa shape index (κ2) is 11.8. The van der Waals surface area contributed by atoms with Gasteiger partial charge < -0.3 is 20.1 Å². The number of nitrogens with zero attached hydrogens (tertiary/aromatic N) is 3. The smallest absolute Gasteiger partial charge is 0.248 e. The van der Waals surface area contributed by atoms with E-state index >= 15 is 0 Å². The summed E-state index contributed by atoms with van der Waals surface area (Å²) in [5, 5.41) is 6.48. The summed E-state index contributed by atoms with van der Waals surface area (Å²) >= 11 is 0. The number of amides is 1. The number of nitrogens with one attached hydrogen (secondary N) is 2. The predicted octanol–water partition coefficient (Wildman–Crippen LogP) is 6.06. The molecule has 1 aliphatic rings. The van der Waals surface area contributed by atoms with Gasteiger partial charge in [0.1, 0.15) is 41.1 Å². The number of carbonyl (C=O) groups excluding carboxylic acids is 1. The van der Waals surface area contributed by atoms with Crippen LogP contribution in [0.4, 0.5) is 30.4 Å². The lowest BCUT2D eigenvalue weighted by Gasteiger charge is -2.16. The molecule has 11 heteroatoms. The molecule has 0 spiro atoms. The molecule has 4 aromatic rings. The highest BCUT2D eigenvalue weighted by Crippen LogP contribution is 2.38. The van der Waals surface area contributed by atoms with Crippen molar-refractivity contribution in [2.45, 2.75) is 18.9 Å². The molecule has 1 aliphatic heterocycles. The zero-order chi connectivity index (χ0) is 29.1. The summed E-state index contributed by atoms with van der Waals surface area (Å²) < 4.78 is 53.8. The molecule has 0 bridgehead atoms. The van der Waals surface area contributed by atoms with Crippen LogP contribution in [0.2, 0.25) is 0 Å². The van der Waals surface area contributed by atoms with Gasteiger partial charge in [-0.15, -0.1) is 0 Å². The van der Waals surface area contributed by atoms with Crippen LogP contribution in [0.1, 0.15) is 12.8 Å².